The van der Waals surface area contributed by atoms with E-state index in [-0.39, 0.29) is 31.3 Å². The van der Waals surface area contributed by atoms with Crippen LogP contribution in [0.25, 0.3) is 0 Å². The van der Waals surface area contributed by atoms with Crippen molar-refractivity contribution in [3.63, 3.8) is 0 Å². The summed E-state index contributed by atoms with van der Waals surface area (Å²) >= 11 is 0. The second-order valence-corrected chi connectivity index (χ2v) is 6.76. The quantitative estimate of drug-likeness (QED) is 0.808. The van der Waals surface area contributed by atoms with Crippen LogP contribution >= 0.6 is 0 Å². The van der Waals surface area contributed by atoms with Crippen molar-refractivity contribution in [2.24, 2.45) is 0 Å². The lowest BCUT2D eigenvalue weighted by Gasteiger charge is -2.25. The minimum atomic E-state index is -0.361. The second-order valence-electron chi connectivity index (χ2n) is 6.76. The van der Waals surface area contributed by atoms with Gasteiger partial charge in [-0.05, 0) is 38.0 Å². The Labute approximate surface area is 161 Å². The molecule has 1 atom stereocenters. The molecular formula is C19H21N3O6. The van der Waals surface area contributed by atoms with Crippen molar-refractivity contribution in [1.82, 2.24) is 10.1 Å². The fourth-order valence-electron chi connectivity index (χ4n) is 3.25. The van der Waals surface area contributed by atoms with Gasteiger partial charge >= 0.3 is 0 Å². The molecule has 0 aliphatic carbocycles. The number of nitrogens with zero attached hydrogens (tertiary/aromatic N) is 2. The van der Waals surface area contributed by atoms with Crippen molar-refractivity contribution in [2.45, 2.75) is 25.9 Å². The van der Waals surface area contributed by atoms with E-state index in [0.717, 1.165) is 12.8 Å². The predicted octanol–water partition coefficient (Wildman–Crippen LogP) is 1.97. The maximum absolute atomic E-state index is 13.1. The highest BCUT2D eigenvalue weighted by molar-refractivity contribution is 5.99. The van der Waals surface area contributed by atoms with Crippen molar-refractivity contribution in [2.75, 3.05) is 31.8 Å². The van der Waals surface area contributed by atoms with E-state index in [9.17, 15) is 9.59 Å². The average Bonchev–Trinajstić information content (AvgIpc) is 3.42. The van der Waals surface area contributed by atoms with Crippen LogP contribution in [0.3, 0.4) is 0 Å². The monoisotopic (exact) mass is 387 g/mol. The maximum Gasteiger partial charge on any atom is 0.254 e. The van der Waals surface area contributed by atoms with Crippen molar-refractivity contribution < 1.29 is 28.3 Å². The molecule has 2 amide bonds. The van der Waals surface area contributed by atoms with Gasteiger partial charge in [-0.1, -0.05) is 5.16 Å². The normalized spacial score (nSPS) is 17.5. The maximum atomic E-state index is 13.1. The van der Waals surface area contributed by atoms with Gasteiger partial charge in [0, 0.05) is 24.8 Å². The fourth-order valence-corrected chi connectivity index (χ4v) is 3.25. The number of hydrogen-bond acceptors (Lipinski definition) is 7. The molecule has 4 rings (SSSR count). The number of fused-ring (bicyclic) bond motifs is 1. The Bertz CT molecular complexity index is 874. The van der Waals surface area contributed by atoms with E-state index in [1.165, 1.54) is 4.90 Å². The molecule has 2 aliphatic heterocycles. The summed E-state index contributed by atoms with van der Waals surface area (Å²) in [5, 5.41) is 6.39. The van der Waals surface area contributed by atoms with Crippen LogP contribution in [0.15, 0.2) is 28.8 Å². The van der Waals surface area contributed by atoms with Crippen LogP contribution in [-0.4, -0.2) is 54.5 Å². The Morgan fingerprint density at radius 1 is 1.25 bits per heavy atom. The van der Waals surface area contributed by atoms with Crippen molar-refractivity contribution in [3.05, 3.63) is 35.6 Å². The van der Waals surface area contributed by atoms with E-state index in [0.29, 0.717) is 41.8 Å². The molecule has 0 bridgehead atoms. The first kappa shape index (κ1) is 18.3. The van der Waals surface area contributed by atoms with Crippen LogP contribution in [0.2, 0.25) is 0 Å². The van der Waals surface area contributed by atoms with Gasteiger partial charge in [-0.25, -0.2) is 0 Å². The number of carbonyl (C=O) groups is 2. The van der Waals surface area contributed by atoms with Crippen molar-refractivity contribution >= 4 is 17.6 Å². The van der Waals surface area contributed by atoms with Gasteiger partial charge in [-0.15, -0.1) is 0 Å². The highest BCUT2D eigenvalue weighted by Crippen LogP contribution is 2.33. The summed E-state index contributed by atoms with van der Waals surface area (Å²) in [4.78, 5) is 27.0. The molecule has 1 unspecified atom stereocenters. The summed E-state index contributed by atoms with van der Waals surface area (Å²) in [7, 11) is 0. The lowest BCUT2D eigenvalue weighted by Crippen LogP contribution is -2.42. The molecule has 9 nitrogen and oxygen atoms in total. The van der Waals surface area contributed by atoms with Crippen LogP contribution in [0.4, 0.5) is 5.82 Å². The van der Waals surface area contributed by atoms with Crippen LogP contribution in [0, 0.1) is 6.92 Å². The number of anilines is 1. The molecule has 0 radical (unpaired) electrons. The van der Waals surface area contributed by atoms with Crippen molar-refractivity contribution in [3.8, 4) is 11.5 Å². The molecule has 28 heavy (non-hydrogen) atoms. The second kappa shape index (κ2) is 7.89. The van der Waals surface area contributed by atoms with E-state index >= 15 is 0 Å². The molecule has 1 aromatic carbocycles. The first-order chi connectivity index (χ1) is 13.6. The summed E-state index contributed by atoms with van der Waals surface area (Å²) in [5.74, 6) is 1.38. The SMILES string of the molecule is Cc1cc(NC(=O)CN(CC2CCCO2)C(=O)c2ccc3c(c2)OCO3)no1. The molecule has 148 valence electrons. The van der Waals surface area contributed by atoms with E-state index in [1.54, 1.807) is 31.2 Å². The Morgan fingerprint density at radius 2 is 2.11 bits per heavy atom. The molecule has 1 aromatic heterocycles. The third kappa shape index (κ3) is 4.09. The zero-order chi connectivity index (χ0) is 19.5. The number of amides is 2. The number of carbonyl (C=O) groups excluding carboxylic acids is 2. The Kier molecular flexibility index (Phi) is 5.16. The molecule has 2 aliphatic rings. The minimum absolute atomic E-state index is 0.0833. The number of ether oxygens (including phenoxy) is 3. The molecule has 2 aromatic rings. The summed E-state index contributed by atoms with van der Waals surface area (Å²) in [5.41, 5.74) is 0.423. The number of hydrogen-bond donors (Lipinski definition) is 1. The molecule has 0 saturated carbocycles. The average molecular weight is 387 g/mol. The number of benzene rings is 1. The zero-order valence-corrected chi connectivity index (χ0v) is 15.5. The zero-order valence-electron chi connectivity index (χ0n) is 15.5. The minimum Gasteiger partial charge on any atom is -0.454 e. The van der Waals surface area contributed by atoms with Crippen LogP contribution in [0.1, 0.15) is 29.0 Å². The number of rotatable bonds is 6. The third-order valence-corrected chi connectivity index (χ3v) is 4.58. The number of aromatic nitrogens is 1. The summed E-state index contributed by atoms with van der Waals surface area (Å²) < 4.78 is 21.2. The van der Waals surface area contributed by atoms with E-state index in [2.05, 4.69) is 10.5 Å². The Morgan fingerprint density at radius 3 is 2.86 bits per heavy atom. The lowest BCUT2D eigenvalue weighted by molar-refractivity contribution is -0.117. The number of nitrogens with one attached hydrogen (secondary N) is 1. The highest BCUT2D eigenvalue weighted by Gasteiger charge is 2.27. The molecule has 1 saturated heterocycles. The molecule has 0 spiro atoms. The smallest absolute Gasteiger partial charge is 0.254 e. The van der Waals surface area contributed by atoms with E-state index < -0.39 is 0 Å². The summed E-state index contributed by atoms with van der Waals surface area (Å²) in [6, 6.07) is 6.60. The largest absolute Gasteiger partial charge is 0.454 e. The Balaban J connectivity index is 1.48. The standard InChI is InChI=1S/C19H21N3O6/c1-12-7-17(21-28-12)20-18(23)10-22(9-14-3-2-6-25-14)19(24)13-4-5-15-16(8-13)27-11-26-15/h4-5,7-8,14H,2-3,6,9-11H2,1H3,(H,20,21,23). The van der Waals surface area contributed by atoms with E-state index in [4.69, 9.17) is 18.7 Å². The molecular weight excluding hydrogens is 366 g/mol. The predicted molar refractivity (Wildman–Crippen MR) is 97.3 cm³/mol. The van der Waals surface area contributed by atoms with Gasteiger partial charge in [0.15, 0.2) is 17.3 Å². The first-order valence-electron chi connectivity index (χ1n) is 9.12. The third-order valence-electron chi connectivity index (χ3n) is 4.58. The van der Waals surface area contributed by atoms with Crippen LogP contribution in [0.5, 0.6) is 11.5 Å². The van der Waals surface area contributed by atoms with Crippen molar-refractivity contribution in [1.29, 1.82) is 0 Å². The highest BCUT2D eigenvalue weighted by atomic mass is 16.7. The lowest BCUT2D eigenvalue weighted by atomic mass is 10.1. The van der Waals surface area contributed by atoms with Gasteiger partial charge in [0.25, 0.3) is 5.91 Å². The van der Waals surface area contributed by atoms with Gasteiger partial charge < -0.3 is 29.0 Å². The van der Waals surface area contributed by atoms with Gasteiger partial charge in [0.1, 0.15) is 12.3 Å². The van der Waals surface area contributed by atoms with Crippen LogP contribution < -0.4 is 14.8 Å². The molecule has 9 heteroatoms. The number of aryl methyl sites for hydroxylation is 1. The molecule has 1 N–H and O–H groups in total. The summed E-state index contributed by atoms with van der Waals surface area (Å²) in [6.07, 6.45) is 1.72. The van der Waals surface area contributed by atoms with Crippen LogP contribution in [-0.2, 0) is 9.53 Å². The Hall–Kier alpha value is -3.07. The topological polar surface area (TPSA) is 103 Å². The fraction of sp³-hybridized carbons (Fsp3) is 0.421. The first-order valence-corrected chi connectivity index (χ1v) is 9.12. The molecule has 3 heterocycles. The van der Waals surface area contributed by atoms with Gasteiger partial charge in [-0.3, -0.25) is 9.59 Å². The van der Waals surface area contributed by atoms with E-state index in [1.807, 2.05) is 0 Å². The molecule has 1 fully saturated rings. The summed E-state index contributed by atoms with van der Waals surface area (Å²) in [6.45, 7) is 2.74. The van der Waals surface area contributed by atoms with Gasteiger partial charge in [0.2, 0.25) is 12.7 Å². The van der Waals surface area contributed by atoms with Gasteiger partial charge in [-0.2, -0.15) is 0 Å². The van der Waals surface area contributed by atoms with Gasteiger partial charge in [0.05, 0.1) is 6.10 Å².